The van der Waals surface area contributed by atoms with E-state index >= 15 is 0 Å². The lowest BCUT2D eigenvalue weighted by Gasteiger charge is -2.31. The fourth-order valence-corrected chi connectivity index (χ4v) is 4.69. The fraction of sp³-hybridized carbons (Fsp3) is 0.400. The van der Waals surface area contributed by atoms with Crippen LogP contribution in [0.25, 0.3) is 5.65 Å². The Kier molecular flexibility index (Phi) is 6.17. The molecule has 29 heavy (non-hydrogen) atoms. The first-order valence-corrected chi connectivity index (χ1v) is 11.7. The third kappa shape index (κ3) is 4.46. The minimum atomic E-state index is -2.58. The van der Waals surface area contributed by atoms with Gasteiger partial charge in [0.1, 0.15) is 5.82 Å². The predicted octanol–water partition coefficient (Wildman–Crippen LogP) is 3.02. The lowest BCUT2D eigenvalue weighted by molar-refractivity contribution is 0.178. The molecular weight excluding hydrogens is 456 g/mol. The van der Waals surface area contributed by atoms with Crippen LogP contribution in [-0.4, -0.2) is 40.8 Å². The second-order valence-corrected chi connectivity index (χ2v) is 9.32. The fourth-order valence-electron chi connectivity index (χ4n) is 3.95. The van der Waals surface area contributed by atoms with Crippen molar-refractivity contribution in [3.63, 3.8) is 0 Å². The Morgan fingerprint density at radius 3 is 2.69 bits per heavy atom. The first kappa shape index (κ1) is 20.3. The average Bonchev–Trinajstić information content (AvgIpc) is 3.10. The zero-order valence-corrected chi connectivity index (χ0v) is 18.3. The second kappa shape index (κ2) is 8.81. The van der Waals surface area contributed by atoms with Crippen LogP contribution in [0.2, 0.25) is 0 Å². The summed E-state index contributed by atoms with van der Waals surface area (Å²) in [6.45, 7) is 0.178. The molecule has 0 saturated heterocycles. The Hall–Kier alpha value is -1.97. The summed E-state index contributed by atoms with van der Waals surface area (Å²) in [6.07, 6.45) is 6.65. The maximum absolute atomic E-state index is 11.1. The highest BCUT2D eigenvalue weighted by Crippen LogP contribution is 2.28. The van der Waals surface area contributed by atoms with Gasteiger partial charge >= 0.3 is 0 Å². The van der Waals surface area contributed by atoms with Crippen molar-refractivity contribution in [3.8, 4) is 0 Å². The molecule has 3 aromatic rings. The largest absolute Gasteiger partial charge is 0.396 e. The number of benzene rings is 1. The van der Waals surface area contributed by atoms with E-state index in [-0.39, 0.29) is 18.6 Å². The number of thiol groups is 1. The lowest BCUT2D eigenvalue weighted by atomic mass is 9.85. The van der Waals surface area contributed by atoms with Gasteiger partial charge in [-0.1, -0.05) is 25.0 Å². The van der Waals surface area contributed by atoms with Crippen LogP contribution < -0.4 is 5.32 Å². The quantitative estimate of drug-likeness (QED) is 0.471. The third-order valence-electron chi connectivity index (χ3n) is 5.51. The molecule has 0 aliphatic heterocycles. The van der Waals surface area contributed by atoms with Crippen molar-refractivity contribution in [1.82, 2.24) is 14.6 Å². The predicted molar refractivity (Wildman–Crippen MR) is 115 cm³/mol. The zero-order valence-electron chi connectivity index (χ0n) is 15.8. The van der Waals surface area contributed by atoms with E-state index in [0.29, 0.717) is 11.3 Å². The van der Waals surface area contributed by atoms with Crippen LogP contribution in [0.4, 0.5) is 5.82 Å². The van der Waals surface area contributed by atoms with E-state index < -0.39 is 10.7 Å². The molecule has 1 aliphatic carbocycles. The van der Waals surface area contributed by atoms with Crippen LogP contribution in [0.1, 0.15) is 36.9 Å². The molecule has 0 amide bonds. The molecule has 1 saturated carbocycles. The summed E-state index contributed by atoms with van der Waals surface area (Å²) in [5.41, 5.74) is 2.65. The topological polar surface area (TPSA) is 96.6 Å². The Bertz CT molecular complexity index is 1070. The molecule has 154 valence electrons. The highest BCUT2D eigenvalue weighted by molar-refractivity contribution is 9.10. The van der Waals surface area contributed by atoms with Crippen molar-refractivity contribution in [3.05, 3.63) is 52.3 Å². The van der Waals surface area contributed by atoms with Crippen LogP contribution in [0.3, 0.4) is 0 Å². The number of nitrogens with one attached hydrogen (secondary N) is 1. The van der Waals surface area contributed by atoms with Gasteiger partial charge in [0.25, 0.3) is 0 Å². The Morgan fingerprint density at radius 1 is 1.21 bits per heavy atom. The van der Waals surface area contributed by atoms with Crippen molar-refractivity contribution in [1.29, 1.82) is 0 Å². The van der Waals surface area contributed by atoms with Crippen LogP contribution in [0.15, 0.2) is 45.9 Å². The number of aliphatic hydroxyl groups is 1. The molecule has 2 atom stereocenters. The molecule has 0 unspecified atom stereocenters. The molecule has 2 N–H and O–H groups in total. The van der Waals surface area contributed by atoms with E-state index in [2.05, 4.69) is 26.3 Å². The van der Waals surface area contributed by atoms with Crippen LogP contribution in [0.5, 0.6) is 0 Å². The molecule has 0 spiro atoms. The number of hydrogen-bond donors (Lipinski definition) is 3. The SMILES string of the molecule is O=[SH](=O)c1ccc(Cc2cc(N[C@@H]3CCCC[C@@H]3CO)nc3c(Br)cnn23)cc1. The van der Waals surface area contributed by atoms with Crippen molar-refractivity contribution in [2.24, 2.45) is 5.92 Å². The molecule has 7 nitrogen and oxygen atoms in total. The van der Waals surface area contributed by atoms with Crippen LogP contribution >= 0.6 is 15.9 Å². The highest BCUT2D eigenvalue weighted by atomic mass is 79.9. The first-order valence-electron chi connectivity index (χ1n) is 9.69. The standard InChI is InChI=1S/C20H23BrN4O3S/c21-17-11-22-25-15(9-13-5-7-16(8-6-13)29(27)28)10-19(24-20(17)25)23-18-4-2-1-3-14(18)12-26/h5-8,10-11,14,18,26,29H,1-4,9,12H2,(H,23,24)/t14-,18-/m1/s1. The normalized spacial score (nSPS) is 19.7. The molecule has 9 heteroatoms. The summed E-state index contributed by atoms with van der Waals surface area (Å²) in [7, 11) is -2.58. The van der Waals surface area contributed by atoms with Gasteiger partial charge in [-0.2, -0.15) is 5.10 Å². The van der Waals surface area contributed by atoms with E-state index in [1.54, 1.807) is 22.8 Å². The maximum Gasteiger partial charge on any atom is 0.171 e. The molecule has 2 heterocycles. The Morgan fingerprint density at radius 2 is 1.97 bits per heavy atom. The van der Waals surface area contributed by atoms with Gasteiger partial charge in [0, 0.05) is 31.1 Å². The number of fused-ring (bicyclic) bond motifs is 1. The summed E-state index contributed by atoms with van der Waals surface area (Å²) in [5.74, 6) is 0.999. The number of aromatic nitrogens is 3. The van der Waals surface area contributed by atoms with Crippen molar-refractivity contribution < 1.29 is 13.5 Å². The summed E-state index contributed by atoms with van der Waals surface area (Å²) in [4.78, 5) is 5.02. The van der Waals surface area contributed by atoms with Crippen LogP contribution in [0, 0.1) is 5.92 Å². The number of halogens is 1. The third-order valence-corrected chi connectivity index (χ3v) is 6.79. The Labute approximate surface area is 179 Å². The number of aliphatic hydroxyl groups excluding tert-OH is 1. The minimum Gasteiger partial charge on any atom is -0.396 e. The molecule has 1 aromatic carbocycles. The van der Waals surface area contributed by atoms with Crippen molar-refractivity contribution in [2.75, 3.05) is 11.9 Å². The molecule has 2 aromatic heterocycles. The second-order valence-electron chi connectivity index (χ2n) is 7.44. The maximum atomic E-state index is 11.1. The van der Waals surface area contributed by atoms with Gasteiger partial charge in [-0.3, -0.25) is 0 Å². The number of hydrogen-bond acceptors (Lipinski definition) is 6. The van der Waals surface area contributed by atoms with E-state index in [1.165, 1.54) is 0 Å². The number of anilines is 1. The van der Waals surface area contributed by atoms with Gasteiger partial charge in [0.05, 0.1) is 21.3 Å². The van der Waals surface area contributed by atoms with Gasteiger partial charge in [0.15, 0.2) is 16.4 Å². The van der Waals surface area contributed by atoms with Gasteiger partial charge in [-0.05, 0) is 46.5 Å². The lowest BCUT2D eigenvalue weighted by Crippen LogP contribution is -2.34. The molecule has 1 fully saturated rings. The van der Waals surface area contributed by atoms with Gasteiger partial charge < -0.3 is 10.4 Å². The van der Waals surface area contributed by atoms with Gasteiger partial charge in [-0.25, -0.2) is 17.9 Å². The monoisotopic (exact) mass is 478 g/mol. The van der Waals surface area contributed by atoms with Gasteiger partial charge in [-0.15, -0.1) is 0 Å². The van der Waals surface area contributed by atoms with E-state index in [4.69, 9.17) is 4.98 Å². The molecule has 0 radical (unpaired) electrons. The van der Waals surface area contributed by atoms with E-state index in [9.17, 15) is 13.5 Å². The smallest absolute Gasteiger partial charge is 0.171 e. The Balaban J connectivity index is 1.65. The zero-order chi connectivity index (χ0) is 20.4. The van der Waals surface area contributed by atoms with Crippen molar-refractivity contribution in [2.45, 2.75) is 43.0 Å². The summed E-state index contributed by atoms with van der Waals surface area (Å²) >= 11 is 3.52. The van der Waals surface area contributed by atoms with Gasteiger partial charge in [0.2, 0.25) is 0 Å². The molecular formula is C20H23BrN4O3S. The number of nitrogens with zero attached hydrogens (tertiary/aromatic N) is 3. The number of rotatable bonds is 6. The summed E-state index contributed by atoms with van der Waals surface area (Å²) < 4.78 is 24.8. The molecule has 4 rings (SSSR count). The average molecular weight is 479 g/mol. The van der Waals surface area contributed by atoms with E-state index in [0.717, 1.165) is 52.9 Å². The molecule has 0 bridgehead atoms. The van der Waals surface area contributed by atoms with E-state index in [1.807, 2.05) is 18.2 Å². The highest BCUT2D eigenvalue weighted by Gasteiger charge is 2.25. The van der Waals surface area contributed by atoms with Crippen LogP contribution in [-0.2, 0) is 17.1 Å². The molecule has 1 aliphatic rings. The summed E-state index contributed by atoms with van der Waals surface area (Å²) in [6, 6.07) is 9.06. The first-order chi connectivity index (χ1) is 14.0. The summed E-state index contributed by atoms with van der Waals surface area (Å²) in [5, 5.41) is 17.7. The van der Waals surface area contributed by atoms with Crippen molar-refractivity contribution >= 4 is 38.1 Å². The minimum absolute atomic E-state index is 0.178.